The molecule has 114 valence electrons. The standard InChI is InChI=1S/C16H20FNO3/c1-3-13(14(19)21-2)18-15(20)16(8-5-9-16)11-6-4-7-12(17)10-11/h4,6-7,10,13H,3,5,8-9H2,1-2H3,(H,18,20)/t13-/m1/s1. The summed E-state index contributed by atoms with van der Waals surface area (Å²) in [6, 6.07) is 5.47. The number of carbonyl (C=O) groups excluding carboxylic acids is 2. The van der Waals surface area contributed by atoms with Crippen molar-refractivity contribution >= 4 is 11.9 Å². The first-order valence-electron chi connectivity index (χ1n) is 7.18. The molecular formula is C16H20FNO3. The second-order valence-corrected chi connectivity index (χ2v) is 5.40. The largest absolute Gasteiger partial charge is 0.467 e. The van der Waals surface area contributed by atoms with Gasteiger partial charge in [-0.15, -0.1) is 0 Å². The number of ether oxygens (including phenoxy) is 1. The molecule has 5 heteroatoms. The van der Waals surface area contributed by atoms with Crippen LogP contribution < -0.4 is 5.32 Å². The number of nitrogens with one attached hydrogen (secondary N) is 1. The molecule has 1 N–H and O–H groups in total. The van der Waals surface area contributed by atoms with E-state index in [2.05, 4.69) is 10.1 Å². The topological polar surface area (TPSA) is 55.4 Å². The summed E-state index contributed by atoms with van der Waals surface area (Å²) in [6.45, 7) is 1.80. The summed E-state index contributed by atoms with van der Waals surface area (Å²) >= 11 is 0. The molecule has 21 heavy (non-hydrogen) atoms. The number of methoxy groups -OCH3 is 1. The van der Waals surface area contributed by atoms with Gasteiger partial charge < -0.3 is 10.1 Å². The molecular weight excluding hydrogens is 273 g/mol. The molecule has 4 nitrogen and oxygen atoms in total. The zero-order valence-electron chi connectivity index (χ0n) is 12.3. The van der Waals surface area contributed by atoms with Gasteiger partial charge in [-0.05, 0) is 37.0 Å². The highest BCUT2D eigenvalue weighted by Gasteiger charge is 2.46. The van der Waals surface area contributed by atoms with Gasteiger partial charge in [0.15, 0.2) is 0 Å². The van der Waals surface area contributed by atoms with Crippen molar-refractivity contribution < 1.29 is 18.7 Å². The van der Waals surface area contributed by atoms with Gasteiger partial charge in [-0.25, -0.2) is 9.18 Å². The maximum atomic E-state index is 13.4. The summed E-state index contributed by atoms with van der Waals surface area (Å²) in [5.74, 6) is -1.04. The Morgan fingerprint density at radius 3 is 2.62 bits per heavy atom. The minimum atomic E-state index is -0.719. The van der Waals surface area contributed by atoms with Gasteiger partial charge in [-0.1, -0.05) is 25.5 Å². The molecule has 1 aliphatic rings. The van der Waals surface area contributed by atoms with Crippen LogP contribution in [-0.2, 0) is 19.7 Å². The molecule has 0 saturated heterocycles. The predicted octanol–water partition coefficient (Wildman–Crippen LogP) is 2.32. The molecule has 0 aromatic heterocycles. The van der Waals surface area contributed by atoms with Crippen molar-refractivity contribution in [3.8, 4) is 0 Å². The Balaban J connectivity index is 2.20. The maximum Gasteiger partial charge on any atom is 0.328 e. The van der Waals surface area contributed by atoms with Gasteiger partial charge in [0, 0.05) is 0 Å². The first-order chi connectivity index (χ1) is 10.0. The fourth-order valence-electron chi connectivity index (χ4n) is 2.73. The van der Waals surface area contributed by atoms with E-state index < -0.39 is 17.4 Å². The summed E-state index contributed by atoms with van der Waals surface area (Å²) in [6.07, 6.45) is 2.70. The molecule has 1 aromatic rings. The van der Waals surface area contributed by atoms with Crippen LogP contribution in [0.15, 0.2) is 24.3 Å². The quantitative estimate of drug-likeness (QED) is 0.848. The average Bonchev–Trinajstić information content (AvgIpc) is 2.43. The number of benzene rings is 1. The van der Waals surface area contributed by atoms with E-state index in [0.717, 1.165) is 6.42 Å². The zero-order valence-corrected chi connectivity index (χ0v) is 12.3. The number of halogens is 1. The lowest BCUT2D eigenvalue weighted by molar-refractivity contribution is -0.146. The van der Waals surface area contributed by atoms with Crippen LogP contribution in [0, 0.1) is 5.82 Å². The highest BCUT2D eigenvalue weighted by atomic mass is 19.1. The fraction of sp³-hybridized carbons (Fsp3) is 0.500. The monoisotopic (exact) mass is 293 g/mol. The summed E-state index contributed by atoms with van der Waals surface area (Å²) in [4.78, 5) is 24.2. The molecule has 0 aliphatic heterocycles. The highest BCUT2D eigenvalue weighted by Crippen LogP contribution is 2.44. The van der Waals surface area contributed by atoms with Gasteiger partial charge in [0.25, 0.3) is 0 Å². The Labute approximate surface area is 123 Å². The van der Waals surface area contributed by atoms with Gasteiger partial charge in [0.05, 0.1) is 12.5 Å². The fourth-order valence-corrected chi connectivity index (χ4v) is 2.73. The zero-order chi connectivity index (χ0) is 15.5. The van der Waals surface area contributed by atoms with Crippen LogP contribution in [0.4, 0.5) is 4.39 Å². The first-order valence-corrected chi connectivity index (χ1v) is 7.18. The van der Waals surface area contributed by atoms with Gasteiger partial charge in [-0.3, -0.25) is 4.79 Å². The number of carbonyl (C=O) groups is 2. The molecule has 0 bridgehead atoms. The molecule has 1 saturated carbocycles. The van der Waals surface area contributed by atoms with Gasteiger partial charge in [0.2, 0.25) is 5.91 Å². The SMILES string of the molecule is CC[C@@H](NC(=O)C1(c2cccc(F)c2)CCC1)C(=O)OC. The van der Waals surface area contributed by atoms with Crippen molar-refractivity contribution in [2.24, 2.45) is 0 Å². The Kier molecular flexibility index (Phi) is 4.60. The lowest BCUT2D eigenvalue weighted by atomic mass is 9.63. The number of amides is 1. The van der Waals surface area contributed by atoms with Crippen molar-refractivity contribution in [1.29, 1.82) is 0 Å². The van der Waals surface area contributed by atoms with Crippen LogP contribution in [-0.4, -0.2) is 25.0 Å². The summed E-state index contributed by atoms with van der Waals surface area (Å²) in [7, 11) is 1.29. The summed E-state index contributed by atoms with van der Waals surface area (Å²) in [5.41, 5.74) is -0.0465. The van der Waals surface area contributed by atoms with E-state index in [4.69, 9.17) is 0 Å². The van der Waals surface area contributed by atoms with E-state index in [1.807, 2.05) is 0 Å². The second-order valence-electron chi connectivity index (χ2n) is 5.40. The third-order valence-corrected chi connectivity index (χ3v) is 4.22. The molecule has 0 heterocycles. The molecule has 0 spiro atoms. The molecule has 2 rings (SSSR count). The van der Waals surface area contributed by atoms with Crippen molar-refractivity contribution in [2.75, 3.05) is 7.11 Å². The molecule has 1 amide bonds. The number of hydrogen-bond acceptors (Lipinski definition) is 3. The Bertz CT molecular complexity index is 540. The lowest BCUT2D eigenvalue weighted by Gasteiger charge is -2.41. The van der Waals surface area contributed by atoms with Crippen LogP contribution in [0.1, 0.15) is 38.2 Å². The van der Waals surface area contributed by atoms with E-state index in [1.165, 1.54) is 19.2 Å². The maximum absolute atomic E-state index is 13.4. The Hall–Kier alpha value is -1.91. The number of hydrogen-bond donors (Lipinski definition) is 1. The van der Waals surface area contributed by atoms with Crippen molar-refractivity contribution in [3.05, 3.63) is 35.6 Å². The summed E-state index contributed by atoms with van der Waals surface area (Å²) < 4.78 is 18.1. The first kappa shape index (κ1) is 15.5. The third kappa shape index (κ3) is 2.91. The van der Waals surface area contributed by atoms with Crippen molar-refractivity contribution in [2.45, 2.75) is 44.1 Å². The van der Waals surface area contributed by atoms with Crippen LogP contribution in [0.25, 0.3) is 0 Å². The Morgan fingerprint density at radius 2 is 2.14 bits per heavy atom. The van der Waals surface area contributed by atoms with E-state index in [0.29, 0.717) is 24.8 Å². The molecule has 1 atom stereocenters. The third-order valence-electron chi connectivity index (χ3n) is 4.22. The van der Waals surface area contributed by atoms with Gasteiger partial charge >= 0.3 is 5.97 Å². The minimum Gasteiger partial charge on any atom is -0.467 e. The van der Waals surface area contributed by atoms with Crippen LogP contribution in [0.2, 0.25) is 0 Å². The molecule has 0 radical (unpaired) electrons. The van der Waals surface area contributed by atoms with Gasteiger partial charge in [-0.2, -0.15) is 0 Å². The van der Waals surface area contributed by atoms with Crippen LogP contribution >= 0.6 is 0 Å². The minimum absolute atomic E-state index is 0.225. The van der Waals surface area contributed by atoms with E-state index in [-0.39, 0.29) is 11.7 Å². The summed E-state index contributed by atoms with van der Waals surface area (Å²) in [5, 5.41) is 2.74. The average molecular weight is 293 g/mol. The lowest BCUT2D eigenvalue weighted by Crippen LogP contribution is -2.53. The second kappa shape index (κ2) is 6.24. The van der Waals surface area contributed by atoms with Gasteiger partial charge in [0.1, 0.15) is 11.9 Å². The molecule has 1 aromatic carbocycles. The molecule has 1 fully saturated rings. The smallest absolute Gasteiger partial charge is 0.328 e. The normalized spacial score (nSPS) is 17.5. The van der Waals surface area contributed by atoms with E-state index >= 15 is 0 Å². The molecule has 0 unspecified atom stereocenters. The van der Waals surface area contributed by atoms with E-state index in [1.54, 1.807) is 19.1 Å². The predicted molar refractivity (Wildman–Crippen MR) is 76.2 cm³/mol. The van der Waals surface area contributed by atoms with Crippen molar-refractivity contribution in [3.63, 3.8) is 0 Å². The highest BCUT2D eigenvalue weighted by molar-refractivity contribution is 5.92. The molecule has 1 aliphatic carbocycles. The Morgan fingerprint density at radius 1 is 1.43 bits per heavy atom. The van der Waals surface area contributed by atoms with Crippen LogP contribution in [0.5, 0.6) is 0 Å². The number of rotatable bonds is 5. The van der Waals surface area contributed by atoms with E-state index in [9.17, 15) is 14.0 Å². The van der Waals surface area contributed by atoms with Crippen molar-refractivity contribution in [1.82, 2.24) is 5.32 Å². The van der Waals surface area contributed by atoms with Crippen LogP contribution in [0.3, 0.4) is 0 Å². The number of esters is 1.